The van der Waals surface area contributed by atoms with Crippen LogP contribution in [0.25, 0.3) is 6.08 Å². The van der Waals surface area contributed by atoms with Gasteiger partial charge in [-0.3, -0.25) is 9.59 Å². The summed E-state index contributed by atoms with van der Waals surface area (Å²) in [6, 6.07) is 22.7. The maximum absolute atomic E-state index is 12.4. The van der Waals surface area contributed by atoms with Gasteiger partial charge < -0.3 is 15.4 Å². The minimum atomic E-state index is -0.574. The second kappa shape index (κ2) is 11.1. The number of hydrogen-bond donors (Lipinski definition) is 2. The molecule has 0 bridgehead atoms. The van der Waals surface area contributed by atoms with Gasteiger partial charge in [0.2, 0.25) is 0 Å². The molecule has 3 aromatic carbocycles. The first-order valence-electron chi connectivity index (χ1n) is 9.41. The number of rotatable bonds is 7. The normalized spacial score (nSPS) is 10.7. The summed E-state index contributed by atoms with van der Waals surface area (Å²) in [6.45, 7) is -0.174. The summed E-state index contributed by atoms with van der Waals surface area (Å²) in [5, 5.41) is 15.1. The fourth-order valence-electron chi connectivity index (χ4n) is 2.65. The number of carbonyl (C=O) groups is 2. The van der Waals surface area contributed by atoms with Crippen molar-refractivity contribution in [1.82, 2.24) is 0 Å². The standard InChI is InChI=1S/C24H17BrClN3O3/c25-19-13-16(12-17(14-27)24(31)29-21-9-5-4-8-20(21)26)10-11-22(19)32-15-23(30)28-18-6-2-1-3-7-18/h1-13H,15H2,(H,28,30)(H,29,31)/b17-12+. The van der Waals surface area contributed by atoms with Crippen LogP contribution in [0.4, 0.5) is 11.4 Å². The molecule has 0 heterocycles. The van der Waals surface area contributed by atoms with Crippen molar-refractivity contribution < 1.29 is 14.3 Å². The number of nitrogens with zero attached hydrogens (tertiary/aromatic N) is 1. The lowest BCUT2D eigenvalue weighted by Gasteiger charge is -2.10. The topological polar surface area (TPSA) is 91.2 Å². The number of benzene rings is 3. The Kier molecular flexibility index (Phi) is 8.03. The molecule has 8 heteroatoms. The lowest BCUT2D eigenvalue weighted by molar-refractivity contribution is -0.118. The minimum absolute atomic E-state index is 0.0901. The summed E-state index contributed by atoms with van der Waals surface area (Å²) in [6.07, 6.45) is 1.45. The maximum Gasteiger partial charge on any atom is 0.266 e. The zero-order valence-electron chi connectivity index (χ0n) is 16.6. The maximum atomic E-state index is 12.4. The fourth-order valence-corrected chi connectivity index (χ4v) is 3.35. The van der Waals surface area contributed by atoms with Crippen LogP contribution in [0.5, 0.6) is 5.75 Å². The highest BCUT2D eigenvalue weighted by Gasteiger charge is 2.12. The van der Waals surface area contributed by atoms with E-state index in [4.69, 9.17) is 16.3 Å². The van der Waals surface area contributed by atoms with Crippen LogP contribution in [0.3, 0.4) is 0 Å². The average molecular weight is 511 g/mol. The van der Waals surface area contributed by atoms with Crippen LogP contribution in [0, 0.1) is 11.3 Å². The van der Waals surface area contributed by atoms with E-state index in [1.54, 1.807) is 54.6 Å². The number of amides is 2. The molecule has 6 nitrogen and oxygen atoms in total. The lowest BCUT2D eigenvalue weighted by Crippen LogP contribution is -2.20. The molecule has 0 aromatic heterocycles. The highest BCUT2D eigenvalue weighted by molar-refractivity contribution is 9.10. The van der Waals surface area contributed by atoms with Gasteiger partial charge >= 0.3 is 0 Å². The monoisotopic (exact) mass is 509 g/mol. The number of nitriles is 1. The molecule has 0 aliphatic rings. The van der Waals surface area contributed by atoms with Crippen molar-refractivity contribution >= 4 is 56.8 Å². The molecule has 0 aliphatic heterocycles. The third-order valence-corrected chi connectivity index (χ3v) is 5.12. The number of anilines is 2. The smallest absolute Gasteiger partial charge is 0.266 e. The van der Waals surface area contributed by atoms with E-state index in [9.17, 15) is 14.9 Å². The van der Waals surface area contributed by atoms with Gasteiger partial charge in [-0.25, -0.2) is 0 Å². The number of carbonyl (C=O) groups excluding carboxylic acids is 2. The number of halogens is 2. The molecule has 32 heavy (non-hydrogen) atoms. The van der Waals surface area contributed by atoms with E-state index in [-0.39, 0.29) is 18.1 Å². The molecule has 0 radical (unpaired) electrons. The summed E-state index contributed by atoms with van der Waals surface area (Å²) < 4.78 is 6.13. The van der Waals surface area contributed by atoms with Crippen molar-refractivity contribution in [2.45, 2.75) is 0 Å². The molecule has 3 aromatic rings. The van der Waals surface area contributed by atoms with Crippen LogP contribution >= 0.6 is 27.5 Å². The van der Waals surface area contributed by atoms with Crippen LogP contribution in [-0.4, -0.2) is 18.4 Å². The van der Waals surface area contributed by atoms with E-state index in [0.717, 1.165) is 0 Å². The van der Waals surface area contributed by atoms with E-state index in [0.29, 0.717) is 32.2 Å². The van der Waals surface area contributed by atoms with Crippen molar-refractivity contribution in [3.8, 4) is 11.8 Å². The second-order valence-corrected chi connectivity index (χ2v) is 7.76. The molecule has 2 amide bonds. The van der Waals surface area contributed by atoms with Crippen molar-refractivity contribution in [2.75, 3.05) is 17.2 Å². The first kappa shape index (κ1) is 23.1. The summed E-state index contributed by atoms with van der Waals surface area (Å²) in [7, 11) is 0. The third kappa shape index (κ3) is 6.45. The molecule has 0 aliphatic carbocycles. The molecular formula is C24H17BrClN3O3. The van der Waals surface area contributed by atoms with Crippen LogP contribution in [0.1, 0.15) is 5.56 Å². The molecule has 2 N–H and O–H groups in total. The van der Waals surface area contributed by atoms with Gasteiger partial charge in [0.1, 0.15) is 17.4 Å². The van der Waals surface area contributed by atoms with Gasteiger partial charge in [-0.1, -0.05) is 48.0 Å². The molecule has 0 saturated heterocycles. The van der Waals surface area contributed by atoms with Gasteiger partial charge in [0.25, 0.3) is 11.8 Å². The predicted molar refractivity (Wildman–Crippen MR) is 128 cm³/mol. The van der Waals surface area contributed by atoms with Gasteiger partial charge in [-0.2, -0.15) is 5.26 Å². The highest BCUT2D eigenvalue weighted by Crippen LogP contribution is 2.27. The van der Waals surface area contributed by atoms with E-state index >= 15 is 0 Å². The quantitative estimate of drug-likeness (QED) is 0.317. The van der Waals surface area contributed by atoms with E-state index in [1.807, 2.05) is 24.3 Å². The first-order chi connectivity index (χ1) is 15.5. The van der Waals surface area contributed by atoms with Crippen molar-refractivity contribution in [3.63, 3.8) is 0 Å². The number of para-hydroxylation sites is 2. The van der Waals surface area contributed by atoms with Crippen molar-refractivity contribution in [3.05, 3.63) is 93.4 Å². The lowest BCUT2D eigenvalue weighted by atomic mass is 10.1. The van der Waals surface area contributed by atoms with Gasteiger partial charge in [0.05, 0.1) is 15.2 Å². The summed E-state index contributed by atoms with van der Waals surface area (Å²) in [4.78, 5) is 24.5. The predicted octanol–water partition coefficient (Wildman–Crippen LogP) is 5.67. The summed E-state index contributed by atoms with van der Waals surface area (Å²) in [5.74, 6) is -0.422. The first-order valence-corrected chi connectivity index (χ1v) is 10.6. The van der Waals surface area contributed by atoms with E-state index in [2.05, 4.69) is 26.6 Å². The molecular weight excluding hydrogens is 494 g/mol. The number of nitrogens with one attached hydrogen (secondary N) is 2. The Labute approximate surface area is 198 Å². The Balaban J connectivity index is 1.64. The Morgan fingerprint density at radius 3 is 2.44 bits per heavy atom. The van der Waals surface area contributed by atoms with Crippen molar-refractivity contribution in [2.24, 2.45) is 0 Å². The van der Waals surface area contributed by atoms with E-state index < -0.39 is 5.91 Å². The second-order valence-electron chi connectivity index (χ2n) is 6.50. The van der Waals surface area contributed by atoms with Gasteiger partial charge in [0, 0.05) is 5.69 Å². The molecule has 0 unspecified atom stereocenters. The molecule has 0 saturated carbocycles. The Morgan fingerprint density at radius 2 is 1.75 bits per heavy atom. The third-order valence-electron chi connectivity index (χ3n) is 4.17. The van der Waals surface area contributed by atoms with Crippen molar-refractivity contribution in [1.29, 1.82) is 5.26 Å². The molecule has 0 atom stereocenters. The minimum Gasteiger partial charge on any atom is -0.483 e. The molecule has 3 rings (SSSR count). The Hall–Kier alpha value is -3.60. The van der Waals surface area contributed by atoms with Gasteiger partial charge in [-0.15, -0.1) is 0 Å². The SMILES string of the molecule is N#C/C(=C\c1ccc(OCC(=O)Nc2ccccc2)c(Br)c1)C(=O)Nc1ccccc1Cl. The van der Waals surface area contributed by atoms with Crippen LogP contribution in [-0.2, 0) is 9.59 Å². The largest absolute Gasteiger partial charge is 0.483 e. The van der Waals surface area contributed by atoms with Crippen LogP contribution in [0.15, 0.2) is 82.8 Å². The highest BCUT2D eigenvalue weighted by atomic mass is 79.9. The molecule has 0 fully saturated rings. The zero-order chi connectivity index (χ0) is 22.9. The number of ether oxygens (including phenoxy) is 1. The molecule has 160 valence electrons. The molecule has 0 spiro atoms. The fraction of sp³-hybridized carbons (Fsp3) is 0.0417. The Bertz CT molecular complexity index is 1210. The summed E-state index contributed by atoms with van der Waals surface area (Å²) in [5.41, 5.74) is 1.61. The number of hydrogen-bond acceptors (Lipinski definition) is 4. The zero-order valence-corrected chi connectivity index (χ0v) is 19.0. The average Bonchev–Trinajstić information content (AvgIpc) is 2.79. The van der Waals surface area contributed by atoms with Gasteiger partial charge in [0.15, 0.2) is 6.61 Å². The summed E-state index contributed by atoms with van der Waals surface area (Å²) >= 11 is 9.44. The van der Waals surface area contributed by atoms with Crippen LogP contribution in [0.2, 0.25) is 5.02 Å². The Morgan fingerprint density at radius 1 is 1.03 bits per heavy atom. The van der Waals surface area contributed by atoms with E-state index in [1.165, 1.54) is 6.08 Å². The van der Waals surface area contributed by atoms with Crippen LogP contribution < -0.4 is 15.4 Å². The van der Waals surface area contributed by atoms with Gasteiger partial charge in [-0.05, 0) is 64.0 Å².